The average molecular weight is 322 g/mol. The van der Waals surface area contributed by atoms with Crippen LogP contribution in [0.25, 0.3) is 22.4 Å². The van der Waals surface area contributed by atoms with Gasteiger partial charge in [-0.15, -0.1) is 5.10 Å². The van der Waals surface area contributed by atoms with Crippen LogP contribution < -0.4 is 21.9 Å². The molecule has 2 heterocycles. The molecular weight excluding hydrogens is 308 g/mol. The van der Waals surface area contributed by atoms with Gasteiger partial charge in [0.05, 0.1) is 24.0 Å². The maximum absolute atomic E-state index is 12.9. The number of benzene rings is 2. The SMILES string of the molecule is COc1ccc(-n2nc3c(N)nc4c(N)cccc4n3c2=O)cc1. The molecule has 0 radical (unpaired) electrons. The van der Waals surface area contributed by atoms with Crippen molar-refractivity contribution in [2.24, 2.45) is 0 Å². The third kappa shape index (κ3) is 1.89. The van der Waals surface area contributed by atoms with Crippen molar-refractivity contribution in [3.8, 4) is 11.4 Å². The third-order valence-electron chi connectivity index (χ3n) is 3.84. The molecular formula is C16H14N6O2. The van der Waals surface area contributed by atoms with E-state index in [-0.39, 0.29) is 17.2 Å². The molecule has 0 saturated heterocycles. The zero-order valence-corrected chi connectivity index (χ0v) is 12.8. The summed E-state index contributed by atoms with van der Waals surface area (Å²) in [5.74, 6) is 0.833. The van der Waals surface area contributed by atoms with Gasteiger partial charge in [0.15, 0.2) is 5.82 Å². The Morgan fingerprint density at radius 1 is 1.08 bits per heavy atom. The van der Waals surface area contributed by atoms with Gasteiger partial charge in [0.2, 0.25) is 5.65 Å². The van der Waals surface area contributed by atoms with Crippen molar-refractivity contribution in [2.75, 3.05) is 18.6 Å². The molecule has 24 heavy (non-hydrogen) atoms. The van der Waals surface area contributed by atoms with E-state index in [1.807, 2.05) is 0 Å². The first-order valence-electron chi connectivity index (χ1n) is 7.20. The predicted molar refractivity (Wildman–Crippen MR) is 91.5 cm³/mol. The number of para-hydroxylation sites is 1. The molecule has 0 unspecified atom stereocenters. The van der Waals surface area contributed by atoms with Crippen molar-refractivity contribution >= 4 is 28.2 Å². The summed E-state index contributed by atoms with van der Waals surface area (Å²) >= 11 is 0. The van der Waals surface area contributed by atoms with Crippen LogP contribution in [0, 0.1) is 0 Å². The van der Waals surface area contributed by atoms with Crippen LogP contribution in [-0.4, -0.2) is 26.3 Å². The highest BCUT2D eigenvalue weighted by molar-refractivity contribution is 5.90. The number of nitrogens with zero attached hydrogens (tertiary/aromatic N) is 4. The first-order valence-corrected chi connectivity index (χ1v) is 7.20. The number of hydrogen-bond acceptors (Lipinski definition) is 6. The fourth-order valence-electron chi connectivity index (χ4n) is 2.66. The van der Waals surface area contributed by atoms with Gasteiger partial charge >= 0.3 is 5.69 Å². The van der Waals surface area contributed by atoms with Gasteiger partial charge in [-0.1, -0.05) is 6.07 Å². The normalized spacial score (nSPS) is 11.2. The molecule has 0 atom stereocenters. The van der Waals surface area contributed by atoms with Gasteiger partial charge in [-0.25, -0.2) is 14.2 Å². The molecule has 4 aromatic rings. The van der Waals surface area contributed by atoms with Crippen LogP contribution in [0.4, 0.5) is 11.5 Å². The highest BCUT2D eigenvalue weighted by atomic mass is 16.5. The van der Waals surface area contributed by atoms with Gasteiger partial charge in [0, 0.05) is 0 Å². The summed E-state index contributed by atoms with van der Waals surface area (Å²) in [6.45, 7) is 0. The number of nitrogens with two attached hydrogens (primary N) is 2. The van der Waals surface area contributed by atoms with Crippen LogP contribution in [0.15, 0.2) is 47.3 Å². The van der Waals surface area contributed by atoms with E-state index in [1.54, 1.807) is 49.6 Å². The second-order valence-electron chi connectivity index (χ2n) is 5.26. The summed E-state index contributed by atoms with van der Waals surface area (Å²) in [5, 5.41) is 4.32. The highest BCUT2D eigenvalue weighted by Gasteiger charge is 2.16. The first-order chi connectivity index (χ1) is 11.6. The van der Waals surface area contributed by atoms with Gasteiger partial charge in [0.1, 0.15) is 11.3 Å². The van der Waals surface area contributed by atoms with Crippen molar-refractivity contribution in [3.63, 3.8) is 0 Å². The zero-order chi connectivity index (χ0) is 16.8. The molecule has 2 aromatic carbocycles. The molecule has 4 N–H and O–H groups in total. The molecule has 0 aliphatic rings. The molecule has 0 fully saturated rings. The number of nitrogen functional groups attached to an aromatic ring is 2. The minimum atomic E-state index is -0.347. The number of anilines is 2. The van der Waals surface area contributed by atoms with Gasteiger partial charge < -0.3 is 16.2 Å². The van der Waals surface area contributed by atoms with Crippen molar-refractivity contribution in [3.05, 3.63) is 52.9 Å². The van der Waals surface area contributed by atoms with E-state index >= 15 is 0 Å². The van der Waals surface area contributed by atoms with Crippen LogP contribution in [0.1, 0.15) is 0 Å². The molecule has 0 spiro atoms. The predicted octanol–water partition coefficient (Wildman–Crippen LogP) is 1.21. The molecule has 4 rings (SSSR count). The summed E-state index contributed by atoms with van der Waals surface area (Å²) in [6.07, 6.45) is 0. The van der Waals surface area contributed by atoms with Crippen LogP contribution in [-0.2, 0) is 0 Å². The largest absolute Gasteiger partial charge is 0.497 e. The highest BCUT2D eigenvalue weighted by Crippen LogP contribution is 2.22. The number of methoxy groups -OCH3 is 1. The van der Waals surface area contributed by atoms with E-state index in [0.29, 0.717) is 28.2 Å². The first kappa shape index (κ1) is 14.1. The summed E-state index contributed by atoms with van der Waals surface area (Å²) in [5.41, 5.74) is 13.9. The minimum Gasteiger partial charge on any atom is -0.497 e. The van der Waals surface area contributed by atoms with E-state index < -0.39 is 0 Å². The van der Waals surface area contributed by atoms with E-state index in [9.17, 15) is 4.79 Å². The molecule has 0 amide bonds. The lowest BCUT2D eigenvalue weighted by molar-refractivity contribution is 0.414. The lowest BCUT2D eigenvalue weighted by atomic mass is 10.2. The maximum atomic E-state index is 12.9. The maximum Gasteiger partial charge on any atom is 0.355 e. The lowest BCUT2D eigenvalue weighted by Crippen LogP contribution is -2.20. The molecule has 2 aromatic heterocycles. The quantitative estimate of drug-likeness (QED) is 0.536. The second-order valence-corrected chi connectivity index (χ2v) is 5.26. The fraction of sp³-hybridized carbons (Fsp3) is 0.0625. The van der Waals surface area contributed by atoms with Crippen LogP contribution in [0.2, 0.25) is 0 Å². The lowest BCUT2D eigenvalue weighted by Gasteiger charge is -2.04. The Kier molecular flexibility index (Phi) is 2.92. The summed E-state index contributed by atoms with van der Waals surface area (Å²) < 4.78 is 7.82. The van der Waals surface area contributed by atoms with Crippen molar-refractivity contribution in [1.82, 2.24) is 19.2 Å². The molecule has 0 aliphatic heterocycles. The van der Waals surface area contributed by atoms with Gasteiger partial charge in [-0.05, 0) is 36.4 Å². The Balaban J connectivity index is 2.07. The zero-order valence-electron chi connectivity index (χ0n) is 12.8. The van der Waals surface area contributed by atoms with Crippen LogP contribution >= 0.6 is 0 Å². The Morgan fingerprint density at radius 3 is 2.54 bits per heavy atom. The Labute approximate surface area is 135 Å². The van der Waals surface area contributed by atoms with Gasteiger partial charge in [-0.2, -0.15) is 4.68 Å². The smallest absolute Gasteiger partial charge is 0.355 e. The monoisotopic (exact) mass is 322 g/mol. The molecule has 8 nitrogen and oxygen atoms in total. The molecule has 0 saturated carbocycles. The molecule has 0 aliphatic carbocycles. The Hall–Kier alpha value is -3.55. The molecule has 8 heteroatoms. The van der Waals surface area contributed by atoms with Crippen molar-refractivity contribution in [2.45, 2.75) is 0 Å². The van der Waals surface area contributed by atoms with Crippen molar-refractivity contribution in [1.29, 1.82) is 0 Å². The minimum absolute atomic E-state index is 0.143. The standard InChI is InChI=1S/C16H14N6O2/c1-24-10-7-5-9(6-8-10)22-16(23)21-12-4-2-3-11(17)13(12)19-14(18)15(21)20-22/h2-8H,17H2,1H3,(H2,18,19). The average Bonchev–Trinajstić information content (AvgIpc) is 2.95. The van der Waals surface area contributed by atoms with Gasteiger partial charge in [-0.3, -0.25) is 0 Å². The fourth-order valence-corrected chi connectivity index (χ4v) is 2.66. The van der Waals surface area contributed by atoms with E-state index in [2.05, 4.69) is 10.1 Å². The summed E-state index contributed by atoms with van der Waals surface area (Å²) in [7, 11) is 1.58. The third-order valence-corrected chi connectivity index (χ3v) is 3.84. The Bertz CT molecular complexity index is 1130. The molecule has 120 valence electrons. The number of fused-ring (bicyclic) bond motifs is 3. The van der Waals surface area contributed by atoms with Gasteiger partial charge in [0.25, 0.3) is 0 Å². The number of rotatable bonds is 2. The van der Waals surface area contributed by atoms with E-state index in [4.69, 9.17) is 16.2 Å². The number of aromatic nitrogens is 4. The van der Waals surface area contributed by atoms with Crippen LogP contribution in [0.3, 0.4) is 0 Å². The second kappa shape index (κ2) is 4.98. The molecule has 0 bridgehead atoms. The van der Waals surface area contributed by atoms with E-state index in [1.165, 1.54) is 9.08 Å². The van der Waals surface area contributed by atoms with E-state index in [0.717, 1.165) is 0 Å². The summed E-state index contributed by atoms with van der Waals surface area (Å²) in [6, 6.07) is 12.2. The number of ether oxygens (including phenoxy) is 1. The van der Waals surface area contributed by atoms with Crippen LogP contribution in [0.5, 0.6) is 5.75 Å². The summed E-state index contributed by atoms with van der Waals surface area (Å²) in [4.78, 5) is 17.1. The number of hydrogen-bond donors (Lipinski definition) is 2. The Morgan fingerprint density at radius 2 is 1.83 bits per heavy atom. The van der Waals surface area contributed by atoms with Crippen molar-refractivity contribution < 1.29 is 4.74 Å². The topological polar surface area (TPSA) is 113 Å².